The summed E-state index contributed by atoms with van der Waals surface area (Å²) in [6.07, 6.45) is 5.17. The van der Waals surface area contributed by atoms with Crippen LogP contribution in [0.2, 0.25) is 0 Å². The predicted molar refractivity (Wildman–Crippen MR) is 58.7 cm³/mol. The first-order valence-electron chi connectivity index (χ1n) is 5.61. The van der Waals surface area contributed by atoms with Gasteiger partial charge in [-0.15, -0.1) is 0 Å². The van der Waals surface area contributed by atoms with Crippen LogP contribution in [0.4, 0.5) is 0 Å². The Kier molecular flexibility index (Phi) is 3.24. The molecule has 0 aromatic carbocycles. The monoisotopic (exact) mass is 223 g/mol. The molecule has 2 N–H and O–H groups in total. The number of hydrogen-bond donors (Lipinski definition) is 2. The number of ether oxygens (including phenoxy) is 1. The lowest BCUT2D eigenvalue weighted by atomic mass is 10.1. The summed E-state index contributed by atoms with van der Waals surface area (Å²) in [5, 5.41) is 9.50. The van der Waals surface area contributed by atoms with Gasteiger partial charge >= 0.3 is 0 Å². The number of amides is 1. The van der Waals surface area contributed by atoms with Gasteiger partial charge in [0.05, 0.1) is 18.3 Å². The maximum atomic E-state index is 11.8. The Morgan fingerprint density at radius 3 is 3.06 bits per heavy atom. The van der Waals surface area contributed by atoms with Gasteiger partial charge in [0, 0.05) is 11.8 Å². The van der Waals surface area contributed by atoms with Gasteiger partial charge in [-0.1, -0.05) is 0 Å². The average Bonchev–Trinajstić information content (AvgIpc) is 2.87. The molecule has 1 aliphatic heterocycles. The zero-order chi connectivity index (χ0) is 11.5. The molecule has 1 aromatic rings. The fourth-order valence-corrected chi connectivity index (χ4v) is 1.88. The molecule has 1 fully saturated rings. The molecule has 3 unspecified atom stereocenters. The molecule has 1 aliphatic rings. The Labute approximate surface area is 94.6 Å². The van der Waals surface area contributed by atoms with Gasteiger partial charge in [0.25, 0.3) is 0 Å². The highest BCUT2D eigenvalue weighted by molar-refractivity contribution is 5.81. The van der Waals surface area contributed by atoms with Gasteiger partial charge in [0.1, 0.15) is 6.10 Å². The van der Waals surface area contributed by atoms with Crippen LogP contribution >= 0.6 is 0 Å². The van der Waals surface area contributed by atoms with Gasteiger partial charge in [-0.2, -0.15) is 5.10 Å². The third-order valence-corrected chi connectivity index (χ3v) is 2.90. The highest BCUT2D eigenvalue weighted by Crippen LogP contribution is 2.20. The topological polar surface area (TPSA) is 67.0 Å². The molecule has 0 bridgehead atoms. The Morgan fingerprint density at radius 1 is 1.69 bits per heavy atom. The molecule has 0 spiro atoms. The zero-order valence-electron chi connectivity index (χ0n) is 9.56. The minimum atomic E-state index is -0.288. The van der Waals surface area contributed by atoms with Crippen molar-refractivity contribution < 1.29 is 9.53 Å². The van der Waals surface area contributed by atoms with Gasteiger partial charge in [-0.25, -0.2) is 0 Å². The molecule has 1 amide bonds. The van der Waals surface area contributed by atoms with Crippen molar-refractivity contribution in [1.82, 2.24) is 15.5 Å². The van der Waals surface area contributed by atoms with E-state index in [9.17, 15) is 4.79 Å². The summed E-state index contributed by atoms with van der Waals surface area (Å²) in [4.78, 5) is 11.8. The Bertz CT molecular complexity index is 350. The number of nitrogens with zero attached hydrogens (tertiary/aromatic N) is 1. The van der Waals surface area contributed by atoms with Crippen LogP contribution in [0.15, 0.2) is 12.4 Å². The fraction of sp³-hybridized carbons (Fsp3) is 0.636. The zero-order valence-corrected chi connectivity index (χ0v) is 9.56. The Morgan fingerprint density at radius 2 is 2.50 bits per heavy atom. The maximum Gasteiger partial charge on any atom is 0.249 e. The van der Waals surface area contributed by atoms with Crippen molar-refractivity contribution >= 4 is 5.91 Å². The van der Waals surface area contributed by atoms with Crippen molar-refractivity contribution in [2.75, 3.05) is 0 Å². The largest absolute Gasteiger partial charge is 0.365 e. The second-order valence-corrected chi connectivity index (χ2v) is 4.27. The lowest BCUT2D eigenvalue weighted by Gasteiger charge is -2.16. The maximum absolute atomic E-state index is 11.8. The minimum absolute atomic E-state index is 0.0296. The molecule has 5 nitrogen and oxygen atoms in total. The molecular weight excluding hydrogens is 206 g/mol. The quantitative estimate of drug-likeness (QED) is 0.808. The van der Waals surface area contributed by atoms with E-state index in [4.69, 9.17) is 4.74 Å². The standard InChI is InChI=1S/C11H17N3O2/c1-7-3-4-10(16-7)11(15)14-8(2)9-5-12-13-6-9/h5-8,10H,3-4H2,1-2H3,(H,12,13)(H,14,15). The smallest absolute Gasteiger partial charge is 0.249 e. The van der Waals surface area contributed by atoms with Crippen LogP contribution in [0, 0.1) is 0 Å². The van der Waals surface area contributed by atoms with Crippen molar-refractivity contribution in [2.24, 2.45) is 0 Å². The first kappa shape index (κ1) is 11.1. The molecule has 3 atom stereocenters. The van der Waals surface area contributed by atoms with Crippen LogP contribution in [0.5, 0.6) is 0 Å². The summed E-state index contributed by atoms with van der Waals surface area (Å²) >= 11 is 0. The second-order valence-electron chi connectivity index (χ2n) is 4.27. The molecule has 1 aromatic heterocycles. The average molecular weight is 223 g/mol. The Balaban J connectivity index is 1.88. The van der Waals surface area contributed by atoms with Gasteiger partial charge in [0.15, 0.2) is 0 Å². The van der Waals surface area contributed by atoms with Crippen LogP contribution in [0.25, 0.3) is 0 Å². The molecule has 2 heterocycles. The third-order valence-electron chi connectivity index (χ3n) is 2.90. The van der Waals surface area contributed by atoms with E-state index >= 15 is 0 Å². The van der Waals surface area contributed by atoms with E-state index in [0.717, 1.165) is 18.4 Å². The molecule has 1 saturated heterocycles. The second kappa shape index (κ2) is 4.65. The molecule has 0 aliphatic carbocycles. The minimum Gasteiger partial charge on any atom is -0.365 e. The lowest BCUT2D eigenvalue weighted by Crippen LogP contribution is -2.36. The fourth-order valence-electron chi connectivity index (χ4n) is 1.88. The molecule has 2 rings (SSSR count). The van der Waals surface area contributed by atoms with E-state index < -0.39 is 0 Å². The van der Waals surface area contributed by atoms with Crippen molar-refractivity contribution in [3.63, 3.8) is 0 Å². The molecule has 16 heavy (non-hydrogen) atoms. The first-order chi connectivity index (χ1) is 7.66. The number of carbonyl (C=O) groups excluding carboxylic acids is 1. The highest BCUT2D eigenvalue weighted by atomic mass is 16.5. The van der Waals surface area contributed by atoms with Crippen molar-refractivity contribution in [1.29, 1.82) is 0 Å². The molecule has 0 radical (unpaired) electrons. The summed E-state index contributed by atoms with van der Waals surface area (Å²) in [5.74, 6) is -0.0296. The number of rotatable bonds is 3. The summed E-state index contributed by atoms with van der Waals surface area (Å²) in [6, 6.07) is -0.0363. The molecule has 88 valence electrons. The lowest BCUT2D eigenvalue weighted by molar-refractivity contribution is -0.132. The summed E-state index contributed by atoms with van der Waals surface area (Å²) in [5.41, 5.74) is 0.972. The third kappa shape index (κ3) is 2.41. The number of carbonyl (C=O) groups is 1. The Hall–Kier alpha value is -1.36. The van der Waals surface area contributed by atoms with Crippen LogP contribution in [-0.2, 0) is 9.53 Å². The van der Waals surface area contributed by atoms with Gasteiger partial charge in [0.2, 0.25) is 5.91 Å². The number of aromatic nitrogens is 2. The van der Waals surface area contributed by atoms with Crippen LogP contribution in [0.1, 0.15) is 38.3 Å². The normalized spacial score (nSPS) is 26.6. The number of aromatic amines is 1. The molecular formula is C11H17N3O2. The van der Waals surface area contributed by atoms with E-state index in [2.05, 4.69) is 15.5 Å². The first-order valence-corrected chi connectivity index (χ1v) is 5.61. The number of hydrogen-bond acceptors (Lipinski definition) is 3. The van der Waals surface area contributed by atoms with E-state index in [1.54, 1.807) is 12.4 Å². The predicted octanol–water partition coefficient (Wildman–Crippen LogP) is 1.15. The molecule has 0 saturated carbocycles. The van der Waals surface area contributed by atoms with E-state index in [0.29, 0.717) is 0 Å². The summed E-state index contributed by atoms with van der Waals surface area (Å²) in [7, 11) is 0. The summed E-state index contributed by atoms with van der Waals surface area (Å²) < 4.78 is 5.51. The van der Waals surface area contributed by atoms with E-state index in [-0.39, 0.29) is 24.2 Å². The van der Waals surface area contributed by atoms with Crippen LogP contribution in [0.3, 0.4) is 0 Å². The van der Waals surface area contributed by atoms with Crippen LogP contribution in [-0.4, -0.2) is 28.3 Å². The van der Waals surface area contributed by atoms with Crippen molar-refractivity contribution in [2.45, 2.75) is 44.9 Å². The van der Waals surface area contributed by atoms with Crippen LogP contribution < -0.4 is 5.32 Å². The van der Waals surface area contributed by atoms with Crippen molar-refractivity contribution in [3.8, 4) is 0 Å². The van der Waals surface area contributed by atoms with E-state index in [1.807, 2.05) is 13.8 Å². The summed E-state index contributed by atoms with van der Waals surface area (Å²) in [6.45, 7) is 3.92. The van der Waals surface area contributed by atoms with Gasteiger partial charge < -0.3 is 10.1 Å². The number of H-pyrrole nitrogens is 1. The van der Waals surface area contributed by atoms with Gasteiger partial charge in [-0.05, 0) is 26.7 Å². The SMILES string of the molecule is CC1CCC(C(=O)NC(C)c2cn[nH]c2)O1. The van der Waals surface area contributed by atoms with E-state index in [1.165, 1.54) is 0 Å². The number of nitrogens with one attached hydrogen (secondary N) is 2. The highest BCUT2D eigenvalue weighted by Gasteiger charge is 2.28. The molecule has 5 heteroatoms. The van der Waals surface area contributed by atoms with Crippen molar-refractivity contribution in [3.05, 3.63) is 18.0 Å². The van der Waals surface area contributed by atoms with Gasteiger partial charge in [-0.3, -0.25) is 9.89 Å².